The summed E-state index contributed by atoms with van der Waals surface area (Å²) in [5, 5.41) is 19.3. The zero-order chi connectivity index (χ0) is 19.8. The molecule has 0 aliphatic carbocycles. The molecule has 7 nitrogen and oxygen atoms in total. The Balaban J connectivity index is 1.55. The molecule has 0 saturated heterocycles. The molecule has 0 saturated carbocycles. The van der Waals surface area contributed by atoms with Gasteiger partial charge in [0.15, 0.2) is 5.65 Å². The fraction of sp³-hybridized carbons (Fsp3) is 0.182. The van der Waals surface area contributed by atoms with Gasteiger partial charge in [-0.2, -0.15) is 10.2 Å². The van der Waals surface area contributed by atoms with Crippen LogP contribution >= 0.6 is 0 Å². The molecule has 0 amide bonds. The molecule has 0 spiro atoms. The number of hydrogen-bond acceptors (Lipinski definition) is 5. The van der Waals surface area contributed by atoms with Crippen molar-refractivity contribution in [3.05, 3.63) is 78.5 Å². The van der Waals surface area contributed by atoms with Gasteiger partial charge in [0.1, 0.15) is 0 Å². The molecule has 4 heterocycles. The topological polar surface area (TPSA) is 81.1 Å². The van der Waals surface area contributed by atoms with Crippen LogP contribution in [0.15, 0.2) is 67.3 Å². The highest BCUT2D eigenvalue weighted by molar-refractivity contribution is 5.79. The maximum absolute atomic E-state index is 9.09. The van der Waals surface area contributed by atoms with Crippen LogP contribution < -0.4 is 0 Å². The van der Waals surface area contributed by atoms with Crippen LogP contribution in [0.3, 0.4) is 0 Å². The molecule has 7 heteroatoms. The summed E-state index contributed by atoms with van der Waals surface area (Å²) in [5.74, 6) is 0.120. The van der Waals surface area contributed by atoms with E-state index in [0.29, 0.717) is 6.54 Å². The molecule has 4 aromatic heterocycles. The van der Waals surface area contributed by atoms with Gasteiger partial charge in [-0.3, -0.25) is 9.67 Å². The van der Waals surface area contributed by atoms with E-state index in [1.807, 2.05) is 41.3 Å². The van der Waals surface area contributed by atoms with Gasteiger partial charge < -0.3 is 5.11 Å². The Hall–Kier alpha value is -3.58. The van der Waals surface area contributed by atoms with Crippen molar-refractivity contribution in [1.82, 2.24) is 29.4 Å². The van der Waals surface area contributed by atoms with Crippen molar-refractivity contribution < 1.29 is 5.11 Å². The predicted octanol–water partition coefficient (Wildman–Crippen LogP) is 3.29. The number of fused-ring (bicyclic) bond motifs is 2. The molecular formula is C22H20N6O. The first kappa shape index (κ1) is 17.5. The normalized spacial score (nSPS) is 12.6. The first-order valence-electron chi connectivity index (χ1n) is 9.56. The third-order valence-corrected chi connectivity index (χ3v) is 5.22. The van der Waals surface area contributed by atoms with Gasteiger partial charge in [-0.15, -0.1) is 0 Å². The maximum Gasteiger partial charge on any atom is 0.153 e. The van der Waals surface area contributed by atoms with Gasteiger partial charge in [0.05, 0.1) is 42.4 Å². The molecule has 5 aromatic rings. The maximum atomic E-state index is 9.09. The van der Waals surface area contributed by atoms with Crippen LogP contribution in [0.1, 0.15) is 24.1 Å². The Morgan fingerprint density at radius 2 is 2.00 bits per heavy atom. The van der Waals surface area contributed by atoms with Gasteiger partial charge in [-0.25, -0.2) is 9.50 Å². The fourth-order valence-corrected chi connectivity index (χ4v) is 3.60. The van der Waals surface area contributed by atoms with Crippen LogP contribution in [0, 0.1) is 0 Å². The molecule has 29 heavy (non-hydrogen) atoms. The SMILES string of the molecule is C[C@@H](c1ccc2ncccc2c1)c1cnc2ccc(-c3cnn(CCO)c3)nn12. The molecule has 1 N–H and O–H groups in total. The summed E-state index contributed by atoms with van der Waals surface area (Å²) in [5.41, 5.74) is 5.73. The number of rotatable bonds is 5. The Bertz CT molecular complexity index is 1310. The molecule has 0 aliphatic rings. The minimum atomic E-state index is 0.0536. The second kappa shape index (κ2) is 7.10. The number of nitrogens with zero attached hydrogens (tertiary/aromatic N) is 6. The van der Waals surface area contributed by atoms with E-state index < -0.39 is 0 Å². The van der Waals surface area contributed by atoms with E-state index in [0.717, 1.165) is 33.5 Å². The average molecular weight is 384 g/mol. The molecular weight excluding hydrogens is 364 g/mol. The second-order valence-electron chi connectivity index (χ2n) is 7.06. The van der Waals surface area contributed by atoms with Crippen molar-refractivity contribution in [2.45, 2.75) is 19.4 Å². The lowest BCUT2D eigenvalue weighted by atomic mass is 9.97. The summed E-state index contributed by atoms with van der Waals surface area (Å²) in [6, 6.07) is 14.3. The number of benzene rings is 1. The summed E-state index contributed by atoms with van der Waals surface area (Å²) in [6.45, 7) is 2.68. The van der Waals surface area contributed by atoms with E-state index in [1.54, 1.807) is 10.9 Å². The molecule has 0 fully saturated rings. The van der Waals surface area contributed by atoms with Gasteiger partial charge in [-0.1, -0.05) is 19.1 Å². The highest BCUT2D eigenvalue weighted by Crippen LogP contribution is 2.27. The minimum absolute atomic E-state index is 0.0536. The van der Waals surface area contributed by atoms with E-state index in [-0.39, 0.29) is 12.5 Å². The molecule has 0 unspecified atom stereocenters. The largest absolute Gasteiger partial charge is 0.394 e. The lowest BCUT2D eigenvalue weighted by Crippen LogP contribution is -2.04. The Morgan fingerprint density at radius 1 is 1.07 bits per heavy atom. The van der Waals surface area contributed by atoms with Crippen molar-refractivity contribution in [3.63, 3.8) is 0 Å². The first-order valence-corrected chi connectivity index (χ1v) is 9.56. The molecule has 1 atom stereocenters. The van der Waals surface area contributed by atoms with Gasteiger partial charge >= 0.3 is 0 Å². The first-order chi connectivity index (χ1) is 14.2. The molecule has 1 aromatic carbocycles. The third-order valence-electron chi connectivity index (χ3n) is 5.22. The lowest BCUT2D eigenvalue weighted by Gasteiger charge is -2.12. The fourth-order valence-electron chi connectivity index (χ4n) is 3.60. The summed E-state index contributed by atoms with van der Waals surface area (Å²) in [7, 11) is 0. The Labute approximate surface area is 167 Å². The predicted molar refractivity (Wildman–Crippen MR) is 111 cm³/mol. The highest BCUT2D eigenvalue weighted by atomic mass is 16.3. The third kappa shape index (κ3) is 3.15. The molecule has 0 aliphatic heterocycles. The van der Waals surface area contributed by atoms with Crippen LogP contribution in [-0.4, -0.2) is 41.1 Å². The van der Waals surface area contributed by atoms with Crippen LogP contribution in [0.5, 0.6) is 0 Å². The minimum Gasteiger partial charge on any atom is -0.394 e. The Morgan fingerprint density at radius 3 is 2.90 bits per heavy atom. The van der Waals surface area contributed by atoms with E-state index in [2.05, 4.69) is 46.3 Å². The van der Waals surface area contributed by atoms with Crippen molar-refractivity contribution in [1.29, 1.82) is 0 Å². The summed E-state index contributed by atoms with van der Waals surface area (Å²) in [6.07, 6.45) is 7.35. The summed E-state index contributed by atoms with van der Waals surface area (Å²) < 4.78 is 3.61. The average Bonchev–Trinajstić information content (AvgIpc) is 3.40. The molecule has 144 valence electrons. The van der Waals surface area contributed by atoms with E-state index in [4.69, 9.17) is 10.2 Å². The highest BCUT2D eigenvalue weighted by Gasteiger charge is 2.16. The van der Waals surface area contributed by atoms with Crippen molar-refractivity contribution in [2.24, 2.45) is 0 Å². The standard InChI is InChI=1S/C22H20N6O/c1-15(16-4-5-19-17(11-16)3-2-8-23-19)21-13-24-22-7-6-20(26-28(21)22)18-12-25-27(14-18)9-10-29/h2-8,11-15,29H,9-10H2,1H3/t15-/m0/s1. The number of aliphatic hydroxyl groups is 1. The van der Waals surface area contributed by atoms with Crippen molar-refractivity contribution in [3.8, 4) is 11.3 Å². The monoisotopic (exact) mass is 384 g/mol. The molecule has 5 rings (SSSR count). The van der Waals surface area contributed by atoms with Gasteiger partial charge in [0.25, 0.3) is 0 Å². The lowest BCUT2D eigenvalue weighted by molar-refractivity contribution is 0.269. The number of aliphatic hydroxyl groups excluding tert-OH is 1. The van der Waals surface area contributed by atoms with Gasteiger partial charge in [0.2, 0.25) is 0 Å². The van der Waals surface area contributed by atoms with E-state index in [9.17, 15) is 0 Å². The van der Waals surface area contributed by atoms with E-state index >= 15 is 0 Å². The van der Waals surface area contributed by atoms with Crippen LogP contribution in [0.25, 0.3) is 27.8 Å². The number of aromatic nitrogens is 6. The van der Waals surface area contributed by atoms with Crippen LogP contribution in [-0.2, 0) is 6.54 Å². The summed E-state index contributed by atoms with van der Waals surface area (Å²) >= 11 is 0. The molecule has 0 radical (unpaired) electrons. The second-order valence-corrected chi connectivity index (χ2v) is 7.06. The quantitative estimate of drug-likeness (QED) is 0.503. The van der Waals surface area contributed by atoms with Gasteiger partial charge in [-0.05, 0) is 35.9 Å². The zero-order valence-corrected chi connectivity index (χ0v) is 16.0. The van der Waals surface area contributed by atoms with Gasteiger partial charge in [0, 0.05) is 29.3 Å². The molecule has 0 bridgehead atoms. The zero-order valence-electron chi connectivity index (χ0n) is 16.0. The van der Waals surface area contributed by atoms with Crippen LogP contribution in [0.2, 0.25) is 0 Å². The smallest absolute Gasteiger partial charge is 0.153 e. The Kier molecular flexibility index (Phi) is 4.29. The van der Waals surface area contributed by atoms with Crippen molar-refractivity contribution in [2.75, 3.05) is 6.61 Å². The van der Waals surface area contributed by atoms with Crippen LogP contribution in [0.4, 0.5) is 0 Å². The summed E-state index contributed by atoms with van der Waals surface area (Å²) in [4.78, 5) is 8.93. The number of imidazole rings is 1. The number of pyridine rings is 1. The van der Waals surface area contributed by atoms with E-state index in [1.165, 1.54) is 5.56 Å². The van der Waals surface area contributed by atoms with Crippen molar-refractivity contribution >= 4 is 16.6 Å². The number of hydrogen-bond donors (Lipinski definition) is 1.